The smallest absolute Gasteiger partial charge is 0.337 e. The molecule has 0 saturated carbocycles. The summed E-state index contributed by atoms with van der Waals surface area (Å²) < 4.78 is 37.4. The molecule has 1 fully saturated rings. The molecule has 1 aliphatic rings. The maximum Gasteiger partial charge on any atom is 0.425 e. The van der Waals surface area contributed by atoms with Gasteiger partial charge in [0.25, 0.3) is 0 Å². The number of amides is 1. The van der Waals surface area contributed by atoms with Crippen LogP contribution in [0.1, 0.15) is 22.9 Å². The van der Waals surface area contributed by atoms with Gasteiger partial charge in [0.2, 0.25) is 5.91 Å². The topological polar surface area (TPSA) is 46.3 Å². The van der Waals surface area contributed by atoms with Gasteiger partial charge in [-0.15, -0.1) is 11.3 Å². The second-order valence-electron chi connectivity index (χ2n) is 4.06. The molecule has 7 heteroatoms. The predicted molar refractivity (Wildman–Crippen MR) is 57.4 cm³/mol. The Kier molecular flexibility index (Phi) is 2.90. The van der Waals surface area contributed by atoms with E-state index in [0.29, 0.717) is 16.9 Å². The summed E-state index contributed by atoms with van der Waals surface area (Å²) in [5.74, 6) is -0.137. The third kappa shape index (κ3) is 2.16. The number of thiophene rings is 1. The van der Waals surface area contributed by atoms with Crippen LogP contribution in [-0.2, 0) is 11.0 Å². The Bertz CT molecular complexity index is 443. The van der Waals surface area contributed by atoms with E-state index in [-0.39, 0.29) is 12.3 Å². The first-order chi connectivity index (χ1) is 7.80. The van der Waals surface area contributed by atoms with Crippen molar-refractivity contribution in [3.05, 3.63) is 21.9 Å². The second-order valence-corrected chi connectivity index (χ2v) is 4.97. The van der Waals surface area contributed by atoms with Crippen molar-refractivity contribution in [2.24, 2.45) is 5.73 Å². The lowest BCUT2D eigenvalue weighted by molar-refractivity contribution is -0.134. The highest BCUT2D eigenvalue weighted by molar-refractivity contribution is 7.10. The minimum atomic E-state index is -4.34. The van der Waals surface area contributed by atoms with Crippen LogP contribution in [0.4, 0.5) is 13.2 Å². The van der Waals surface area contributed by atoms with Gasteiger partial charge >= 0.3 is 6.18 Å². The first kappa shape index (κ1) is 12.4. The van der Waals surface area contributed by atoms with Gasteiger partial charge in [0.1, 0.15) is 4.88 Å². The minimum absolute atomic E-state index is 0.137. The standard InChI is InChI=1S/C10H11F3N2OS/c1-15-8(16)3-6(14)9(15)5-2-7(17-4-5)10(11,12)13/h2,4,6,9H,3,14H2,1H3/t6-,9+/m0/s1. The highest BCUT2D eigenvalue weighted by Crippen LogP contribution is 2.39. The van der Waals surface area contributed by atoms with Crippen LogP contribution in [0.5, 0.6) is 0 Å². The number of rotatable bonds is 1. The molecule has 2 atom stereocenters. The van der Waals surface area contributed by atoms with E-state index in [0.717, 1.165) is 6.07 Å². The zero-order chi connectivity index (χ0) is 12.8. The molecule has 0 unspecified atom stereocenters. The second kappa shape index (κ2) is 3.99. The van der Waals surface area contributed by atoms with Crippen molar-refractivity contribution in [2.45, 2.75) is 24.7 Å². The molecule has 1 aromatic rings. The Hall–Kier alpha value is -1.08. The molecule has 0 radical (unpaired) electrons. The summed E-state index contributed by atoms with van der Waals surface area (Å²) in [7, 11) is 1.56. The van der Waals surface area contributed by atoms with Crippen molar-refractivity contribution < 1.29 is 18.0 Å². The van der Waals surface area contributed by atoms with Gasteiger partial charge in [-0.05, 0) is 17.0 Å². The number of nitrogens with zero attached hydrogens (tertiary/aromatic N) is 1. The van der Waals surface area contributed by atoms with E-state index in [4.69, 9.17) is 5.73 Å². The van der Waals surface area contributed by atoms with Crippen LogP contribution >= 0.6 is 11.3 Å². The fourth-order valence-electron chi connectivity index (χ4n) is 2.03. The quantitative estimate of drug-likeness (QED) is 0.843. The van der Waals surface area contributed by atoms with Crippen LogP contribution in [0.2, 0.25) is 0 Å². The van der Waals surface area contributed by atoms with Gasteiger partial charge in [-0.25, -0.2) is 0 Å². The average Bonchev–Trinajstić information content (AvgIpc) is 2.73. The van der Waals surface area contributed by atoms with E-state index in [1.807, 2.05) is 0 Å². The number of likely N-dealkylation sites (tertiary alicyclic amines) is 1. The summed E-state index contributed by atoms with van der Waals surface area (Å²) in [6.07, 6.45) is -4.16. The molecule has 0 aromatic carbocycles. The summed E-state index contributed by atoms with van der Waals surface area (Å²) in [6.45, 7) is 0. The molecule has 17 heavy (non-hydrogen) atoms. The molecule has 1 saturated heterocycles. The lowest BCUT2D eigenvalue weighted by Gasteiger charge is -2.21. The molecule has 3 nitrogen and oxygen atoms in total. The number of nitrogens with two attached hydrogens (primary N) is 1. The van der Waals surface area contributed by atoms with E-state index in [1.165, 1.54) is 10.3 Å². The van der Waals surface area contributed by atoms with Crippen LogP contribution in [0.25, 0.3) is 0 Å². The zero-order valence-electron chi connectivity index (χ0n) is 8.99. The van der Waals surface area contributed by atoms with Crippen molar-refractivity contribution >= 4 is 17.2 Å². The Balaban J connectivity index is 2.29. The molecule has 1 aliphatic heterocycles. The molecule has 94 valence electrons. The zero-order valence-corrected chi connectivity index (χ0v) is 9.81. The molecule has 2 N–H and O–H groups in total. The third-order valence-corrected chi connectivity index (χ3v) is 3.86. The molecule has 0 spiro atoms. The van der Waals surface area contributed by atoms with E-state index < -0.39 is 23.1 Å². The number of carbonyl (C=O) groups excluding carboxylic acids is 1. The predicted octanol–water partition coefficient (Wildman–Crippen LogP) is 2.00. The Morgan fingerprint density at radius 3 is 2.59 bits per heavy atom. The van der Waals surface area contributed by atoms with E-state index in [9.17, 15) is 18.0 Å². The molecule has 0 bridgehead atoms. The molecular formula is C10H11F3N2OS. The summed E-state index contributed by atoms with van der Waals surface area (Å²) in [5, 5.41) is 1.42. The van der Waals surface area contributed by atoms with Crippen LogP contribution in [0, 0.1) is 0 Å². The number of carbonyl (C=O) groups is 1. The van der Waals surface area contributed by atoms with Crippen molar-refractivity contribution in [1.29, 1.82) is 0 Å². The summed E-state index contributed by atoms with van der Waals surface area (Å²) in [6, 6.07) is 0.183. The van der Waals surface area contributed by atoms with Gasteiger partial charge < -0.3 is 10.6 Å². The Morgan fingerprint density at radius 1 is 1.53 bits per heavy atom. The van der Waals surface area contributed by atoms with Crippen molar-refractivity contribution in [3.63, 3.8) is 0 Å². The first-order valence-electron chi connectivity index (χ1n) is 4.97. The number of halogens is 3. The normalized spacial score (nSPS) is 25.7. The third-order valence-electron chi connectivity index (χ3n) is 2.87. The van der Waals surface area contributed by atoms with E-state index >= 15 is 0 Å². The first-order valence-corrected chi connectivity index (χ1v) is 5.85. The monoisotopic (exact) mass is 264 g/mol. The van der Waals surface area contributed by atoms with Gasteiger partial charge in [-0.2, -0.15) is 13.2 Å². The Morgan fingerprint density at radius 2 is 2.18 bits per heavy atom. The van der Waals surface area contributed by atoms with Gasteiger partial charge in [-0.3, -0.25) is 4.79 Å². The highest BCUT2D eigenvalue weighted by Gasteiger charge is 2.39. The number of hydrogen-bond donors (Lipinski definition) is 1. The van der Waals surface area contributed by atoms with E-state index in [1.54, 1.807) is 7.05 Å². The summed E-state index contributed by atoms with van der Waals surface area (Å²) in [4.78, 5) is 12.1. The van der Waals surface area contributed by atoms with Gasteiger partial charge in [-0.1, -0.05) is 0 Å². The van der Waals surface area contributed by atoms with Gasteiger partial charge in [0.15, 0.2) is 0 Å². The molecule has 2 rings (SSSR count). The fourth-order valence-corrected chi connectivity index (χ4v) is 2.83. The van der Waals surface area contributed by atoms with Crippen molar-refractivity contribution in [1.82, 2.24) is 4.90 Å². The molecule has 1 amide bonds. The van der Waals surface area contributed by atoms with Gasteiger partial charge in [0, 0.05) is 19.5 Å². The lowest BCUT2D eigenvalue weighted by Crippen LogP contribution is -2.29. The fraction of sp³-hybridized carbons (Fsp3) is 0.500. The highest BCUT2D eigenvalue weighted by atomic mass is 32.1. The number of likely N-dealkylation sites (N-methyl/N-ethyl adjacent to an activating group) is 1. The van der Waals surface area contributed by atoms with E-state index in [2.05, 4.69) is 0 Å². The number of alkyl halides is 3. The molecule has 2 heterocycles. The van der Waals surface area contributed by atoms with Gasteiger partial charge in [0.05, 0.1) is 6.04 Å². The molecular weight excluding hydrogens is 253 g/mol. The maximum atomic E-state index is 12.5. The lowest BCUT2D eigenvalue weighted by atomic mass is 10.0. The number of hydrogen-bond acceptors (Lipinski definition) is 3. The van der Waals surface area contributed by atoms with Crippen molar-refractivity contribution in [2.75, 3.05) is 7.05 Å². The SMILES string of the molecule is CN1C(=O)C[C@H](N)[C@H]1c1csc(C(F)(F)F)c1. The molecule has 1 aromatic heterocycles. The minimum Gasteiger partial charge on any atom is -0.337 e. The van der Waals surface area contributed by atoms with Crippen LogP contribution < -0.4 is 5.73 Å². The average molecular weight is 264 g/mol. The van der Waals surface area contributed by atoms with Crippen LogP contribution in [0.15, 0.2) is 11.4 Å². The largest absolute Gasteiger partial charge is 0.425 e. The maximum absolute atomic E-state index is 12.5. The van der Waals surface area contributed by atoms with Crippen LogP contribution in [0.3, 0.4) is 0 Å². The Labute approximate surface area is 100 Å². The van der Waals surface area contributed by atoms with Crippen LogP contribution in [-0.4, -0.2) is 23.9 Å². The van der Waals surface area contributed by atoms with Crippen molar-refractivity contribution in [3.8, 4) is 0 Å². The summed E-state index contributed by atoms with van der Waals surface area (Å²) in [5.41, 5.74) is 6.23. The summed E-state index contributed by atoms with van der Waals surface area (Å²) >= 11 is 0.630. The molecule has 0 aliphatic carbocycles.